The Kier molecular flexibility index (Phi) is 8.05. The van der Waals surface area contributed by atoms with Gasteiger partial charge in [0.15, 0.2) is 0 Å². The molecule has 0 saturated carbocycles. The molecule has 3 rings (SSSR count). The number of aliphatic hydroxyl groups is 1. The van der Waals surface area contributed by atoms with Crippen molar-refractivity contribution in [3.8, 4) is 0 Å². The van der Waals surface area contributed by atoms with Gasteiger partial charge in [0.05, 0.1) is 17.8 Å². The molecule has 9 heteroatoms. The topological polar surface area (TPSA) is 98.7 Å². The molecule has 2 saturated heterocycles. The SMILES string of the molecule is Cl.O=C(NCC1CNCC1O)C1CCCN(S(=O)(=O)Cc2ccccc2)C1. The number of aliphatic hydroxyl groups excluding tert-OH is 1. The Bertz CT molecular complexity index is 717. The molecule has 0 bridgehead atoms. The number of hydrogen-bond donors (Lipinski definition) is 3. The van der Waals surface area contributed by atoms with Crippen LogP contribution in [0.4, 0.5) is 0 Å². The fourth-order valence-corrected chi connectivity index (χ4v) is 5.20. The highest BCUT2D eigenvalue weighted by Gasteiger charge is 2.33. The number of rotatable bonds is 6. The van der Waals surface area contributed by atoms with Crippen LogP contribution in [-0.4, -0.2) is 62.6 Å². The minimum absolute atomic E-state index is 0. The van der Waals surface area contributed by atoms with Crippen LogP contribution in [-0.2, 0) is 20.6 Å². The Morgan fingerprint density at radius 1 is 1.26 bits per heavy atom. The average molecular weight is 418 g/mol. The van der Waals surface area contributed by atoms with Crippen molar-refractivity contribution in [1.82, 2.24) is 14.9 Å². The highest BCUT2D eigenvalue weighted by Crippen LogP contribution is 2.22. The molecular weight excluding hydrogens is 390 g/mol. The van der Waals surface area contributed by atoms with E-state index in [4.69, 9.17) is 0 Å². The van der Waals surface area contributed by atoms with Gasteiger partial charge in [-0.05, 0) is 18.4 Å². The van der Waals surface area contributed by atoms with Crippen molar-refractivity contribution < 1.29 is 18.3 Å². The maximum absolute atomic E-state index is 12.7. The number of nitrogens with zero attached hydrogens (tertiary/aromatic N) is 1. The lowest BCUT2D eigenvalue weighted by atomic mass is 9.98. The molecule has 3 N–H and O–H groups in total. The molecule has 3 atom stereocenters. The first-order valence-electron chi connectivity index (χ1n) is 9.14. The number of carbonyl (C=O) groups excluding carboxylic acids is 1. The third kappa shape index (κ3) is 5.89. The molecule has 0 spiro atoms. The summed E-state index contributed by atoms with van der Waals surface area (Å²) in [6.45, 7) is 2.34. The Morgan fingerprint density at radius 2 is 2.00 bits per heavy atom. The van der Waals surface area contributed by atoms with E-state index in [9.17, 15) is 18.3 Å². The molecule has 0 aromatic heterocycles. The molecule has 2 fully saturated rings. The van der Waals surface area contributed by atoms with Crippen LogP contribution in [0, 0.1) is 11.8 Å². The molecule has 2 aliphatic rings. The minimum Gasteiger partial charge on any atom is -0.391 e. The van der Waals surface area contributed by atoms with Crippen LogP contribution >= 0.6 is 12.4 Å². The van der Waals surface area contributed by atoms with E-state index in [1.807, 2.05) is 18.2 Å². The van der Waals surface area contributed by atoms with Gasteiger partial charge in [0, 0.05) is 38.6 Å². The van der Waals surface area contributed by atoms with Gasteiger partial charge in [-0.1, -0.05) is 30.3 Å². The first kappa shape index (κ1) is 22.1. The zero-order chi connectivity index (χ0) is 18.6. The second-order valence-corrected chi connectivity index (χ2v) is 9.14. The van der Waals surface area contributed by atoms with E-state index >= 15 is 0 Å². The summed E-state index contributed by atoms with van der Waals surface area (Å²) in [6.07, 6.45) is 0.929. The summed E-state index contributed by atoms with van der Waals surface area (Å²) in [7, 11) is -3.44. The fourth-order valence-electron chi connectivity index (χ4n) is 3.59. The number of amides is 1. The largest absolute Gasteiger partial charge is 0.391 e. The van der Waals surface area contributed by atoms with Crippen LogP contribution < -0.4 is 10.6 Å². The minimum atomic E-state index is -3.44. The van der Waals surface area contributed by atoms with Crippen molar-refractivity contribution in [2.75, 3.05) is 32.7 Å². The van der Waals surface area contributed by atoms with E-state index in [1.165, 1.54) is 4.31 Å². The van der Waals surface area contributed by atoms with E-state index in [2.05, 4.69) is 10.6 Å². The molecule has 3 unspecified atom stereocenters. The first-order chi connectivity index (χ1) is 12.5. The summed E-state index contributed by atoms with van der Waals surface area (Å²) < 4.78 is 26.8. The van der Waals surface area contributed by atoms with Gasteiger partial charge in [-0.3, -0.25) is 4.79 Å². The Balaban J connectivity index is 0.00000261. The molecule has 2 aliphatic heterocycles. The van der Waals surface area contributed by atoms with Gasteiger partial charge in [-0.25, -0.2) is 12.7 Å². The zero-order valence-electron chi connectivity index (χ0n) is 15.2. The molecule has 152 valence electrons. The van der Waals surface area contributed by atoms with Crippen molar-refractivity contribution in [2.45, 2.75) is 24.7 Å². The molecule has 2 heterocycles. The second kappa shape index (κ2) is 9.84. The van der Waals surface area contributed by atoms with Crippen molar-refractivity contribution in [3.63, 3.8) is 0 Å². The molecule has 0 aliphatic carbocycles. The van der Waals surface area contributed by atoms with Gasteiger partial charge in [0.1, 0.15) is 0 Å². The lowest BCUT2D eigenvalue weighted by Crippen LogP contribution is -2.47. The van der Waals surface area contributed by atoms with Crippen LogP contribution in [0.25, 0.3) is 0 Å². The lowest BCUT2D eigenvalue weighted by Gasteiger charge is -2.31. The Morgan fingerprint density at radius 3 is 2.67 bits per heavy atom. The number of β-amino-alcohol motifs (C(OH)–C–C–N with tert-alkyl or cyclic N) is 1. The molecule has 7 nitrogen and oxygen atoms in total. The number of carbonyl (C=O) groups is 1. The highest BCUT2D eigenvalue weighted by atomic mass is 35.5. The normalized spacial score (nSPS) is 26.3. The van der Waals surface area contributed by atoms with Gasteiger partial charge in [0.2, 0.25) is 15.9 Å². The van der Waals surface area contributed by atoms with Crippen molar-refractivity contribution in [1.29, 1.82) is 0 Å². The zero-order valence-corrected chi connectivity index (χ0v) is 16.8. The third-order valence-corrected chi connectivity index (χ3v) is 7.00. The summed E-state index contributed by atoms with van der Waals surface area (Å²) in [5, 5.41) is 15.8. The van der Waals surface area contributed by atoms with Crippen molar-refractivity contribution in [2.24, 2.45) is 11.8 Å². The Labute approximate surface area is 167 Å². The summed E-state index contributed by atoms with van der Waals surface area (Å²) >= 11 is 0. The first-order valence-corrected chi connectivity index (χ1v) is 10.7. The van der Waals surface area contributed by atoms with Crippen LogP contribution in [0.5, 0.6) is 0 Å². The second-order valence-electron chi connectivity index (χ2n) is 7.17. The quantitative estimate of drug-likeness (QED) is 0.620. The van der Waals surface area contributed by atoms with Gasteiger partial charge >= 0.3 is 0 Å². The number of piperidine rings is 1. The molecule has 1 amide bonds. The number of benzene rings is 1. The summed E-state index contributed by atoms with van der Waals surface area (Å²) in [6, 6.07) is 9.10. The smallest absolute Gasteiger partial charge is 0.224 e. The summed E-state index contributed by atoms with van der Waals surface area (Å²) in [5.41, 5.74) is 0.752. The molecule has 27 heavy (non-hydrogen) atoms. The molecule has 1 aromatic rings. The summed E-state index contributed by atoms with van der Waals surface area (Å²) in [5.74, 6) is -0.479. The maximum Gasteiger partial charge on any atom is 0.224 e. The number of sulfonamides is 1. The number of hydrogen-bond acceptors (Lipinski definition) is 5. The van der Waals surface area contributed by atoms with Gasteiger partial charge < -0.3 is 15.7 Å². The number of halogens is 1. The third-order valence-electron chi connectivity index (χ3n) is 5.18. The van der Waals surface area contributed by atoms with E-state index in [-0.39, 0.29) is 42.4 Å². The maximum atomic E-state index is 12.7. The van der Waals surface area contributed by atoms with Crippen LogP contribution in [0.2, 0.25) is 0 Å². The summed E-state index contributed by atoms with van der Waals surface area (Å²) in [4.78, 5) is 12.5. The predicted molar refractivity (Wildman–Crippen MR) is 106 cm³/mol. The predicted octanol–water partition coefficient (Wildman–Crippen LogP) is 0.347. The van der Waals surface area contributed by atoms with E-state index < -0.39 is 16.1 Å². The highest BCUT2D eigenvalue weighted by molar-refractivity contribution is 7.88. The van der Waals surface area contributed by atoms with E-state index in [0.717, 1.165) is 5.56 Å². The van der Waals surface area contributed by atoms with Gasteiger partial charge in [0.25, 0.3) is 0 Å². The number of nitrogens with one attached hydrogen (secondary N) is 2. The molecule has 0 radical (unpaired) electrons. The fraction of sp³-hybridized carbons (Fsp3) is 0.611. The standard InChI is InChI=1S/C18H27N3O4S.ClH/c22-17-11-19-9-16(17)10-20-18(23)15-7-4-8-21(12-15)26(24,25)13-14-5-2-1-3-6-14;/h1-3,5-6,15-17,19,22H,4,7-13H2,(H,20,23);1H. The molecular formula is C18H28ClN3O4S. The van der Waals surface area contributed by atoms with Gasteiger partial charge in [-0.2, -0.15) is 0 Å². The van der Waals surface area contributed by atoms with Crippen LogP contribution in [0.3, 0.4) is 0 Å². The van der Waals surface area contributed by atoms with E-state index in [1.54, 1.807) is 12.1 Å². The van der Waals surface area contributed by atoms with E-state index in [0.29, 0.717) is 39.0 Å². The Hall–Kier alpha value is -1.19. The van der Waals surface area contributed by atoms with Crippen molar-refractivity contribution in [3.05, 3.63) is 35.9 Å². The monoisotopic (exact) mass is 417 g/mol. The van der Waals surface area contributed by atoms with Crippen LogP contribution in [0.15, 0.2) is 30.3 Å². The van der Waals surface area contributed by atoms with Crippen molar-refractivity contribution >= 4 is 28.3 Å². The average Bonchev–Trinajstić information content (AvgIpc) is 3.05. The van der Waals surface area contributed by atoms with Gasteiger partial charge in [-0.15, -0.1) is 12.4 Å². The lowest BCUT2D eigenvalue weighted by molar-refractivity contribution is -0.126. The van der Waals surface area contributed by atoms with Crippen LogP contribution in [0.1, 0.15) is 18.4 Å². The molecule has 1 aromatic carbocycles.